The van der Waals surface area contributed by atoms with Gasteiger partial charge in [0, 0.05) is 24.2 Å². The monoisotopic (exact) mass is 438 g/mol. The molecule has 0 aliphatic heterocycles. The summed E-state index contributed by atoms with van der Waals surface area (Å²) in [6, 6.07) is 3.87. The number of allylic oxidation sites excluding steroid dienone is 1. The van der Waals surface area contributed by atoms with E-state index in [2.05, 4.69) is 13.8 Å². The predicted octanol–water partition coefficient (Wildman–Crippen LogP) is 4.33. The minimum Gasteiger partial charge on any atom is -0.504 e. The molecular formula is C26H30O6. The van der Waals surface area contributed by atoms with Gasteiger partial charge in [0.1, 0.15) is 11.9 Å². The van der Waals surface area contributed by atoms with Gasteiger partial charge in [-0.25, -0.2) is 4.79 Å². The fraction of sp³-hybridized carbons (Fsp3) is 0.577. The SMILES string of the molecule is C[C@]12CC[C@H](OC(=O)c3ccc(O)c(O)c3)CC1=CC(=O)[C@@H]1[C@@H]2CC[C@]2(C)C(=O)CC[C@@H]12. The zero-order chi connectivity index (χ0) is 22.8. The summed E-state index contributed by atoms with van der Waals surface area (Å²) in [7, 11) is 0. The van der Waals surface area contributed by atoms with Crippen molar-refractivity contribution in [2.24, 2.45) is 28.6 Å². The average Bonchev–Trinajstić information content (AvgIpc) is 3.06. The number of esters is 1. The van der Waals surface area contributed by atoms with Gasteiger partial charge < -0.3 is 14.9 Å². The Labute approximate surface area is 187 Å². The second-order valence-corrected chi connectivity index (χ2v) is 10.6. The summed E-state index contributed by atoms with van der Waals surface area (Å²) >= 11 is 0. The van der Waals surface area contributed by atoms with Gasteiger partial charge in [0.25, 0.3) is 0 Å². The van der Waals surface area contributed by atoms with E-state index >= 15 is 0 Å². The first kappa shape index (κ1) is 21.2. The number of rotatable bonds is 2. The van der Waals surface area contributed by atoms with Crippen LogP contribution in [0.4, 0.5) is 0 Å². The summed E-state index contributed by atoms with van der Waals surface area (Å²) in [6.07, 6.45) is 6.70. The molecule has 0 saturated heterocycles. The first-order chi connectivity index (χ1) is 15.1. The number of carbonyl (C=O) groups is 3. The zero-order valence-electron chi connectivity index (χ0n) is 18.6. The summed E-state index contributed by atoms with van der Waals surface area (Å²) in [5, 5.41) is 19.1. The minimum absolute atomic E-state index is 0.0759. The van der Waals surface area contributed by atoms with Crippen molar-refractivity contribution < 1.29 is 29.3 Å². The van der Waals surface area contributed by atoms with Crippen molar-refractivity contribution in [2.45, 2.75) is 64.9 Å². The maximum atomic E-state index is 13.3. The van der Waals surface area contributed by atoms with E-state index in [0.717, 1.165) is 31.3 Å². The highest BCUT2D eigenvalue weighted by molar-refractivity contribution is 5.97. The number of phenols is 2. The van der Waals surface area contributed by atoms with Gasteiger partial charge in [-0.3, -0.25) is 9.59 Å². The first-order valence-electron chi connectivity index (χ1n) is 11.6. The molecule has 3 saturated carbocycles. The van der Waals surface area contributed by atoms with Crippen molar-refractivity contribution in [2.75, 3.05) is 0 Å². The minimum atomic E-state index is -0.549. The van der Waals surface area contributed by atoms with Crippen molar-refractivity contribution in [1.82, 2.24) is 0 Å². The van der Waals surface area contributed by atoms with E-state index in [-0.39, 0.29) is 57.5 Å². The predicted molar refractivity (Wildman–Crippen MR) is 116 cm³/mol. The summed E-state index contributed by atoms with van der Waals surface area (Å²) < 4.78 is 5.71. The van der Waals surface area contributed by atoms with Crippen LogP contribution in [0.1, 0.15) is 69.2 Å². The van der Waals surface area contributed by atoms with E-state index in [1.807, 2.05) is 0 Å². The largest absolute Gasteiger partial charge is 0.504 e. The molecule has 0 radical (unpaired) electrons. The molecule has 0 spiro atoms. The maximum absolute atomic E-state index is 13.3. The van der Waals surface area contributed by atoms with Crippen LogP contribution in [0.5, 0.6) is 11.5 Å². The van der Waals surface area contributed by atoms with Gasteiger partial charge in [0.05, 0.1) is 5.56 Å². The lowest BCUT2D eigenvalue weighted by atomic mass is 9.48. The van der Waals surface area contributed by atoms with Gasteiger partial charge >= 0.3 is 5.97 Å². The van der Waals surface area contributed by atoms with E-state index in [4.69, 9.17) is 4.74 Å². The average molecular weight is 439 g/mol. The van der Waals surface area contributed by atoms with Gasteiger partial charge in [0.2, 0.25) is 0 Å². The van der Waals surface area contributed by atoms with E-state index in [9.17, 15) is 24.6 Å². The van der Waals surface area contributed by atoms with Gasteiger partial charge in [-0.2, -0.15) is 0 Å². The van der Waals surface area contributed by atoms with Crippen molar-refractivity contribution >= 4 is 17.5 Å². The molecule has 6 heteroatoms. The molecule has 0 heterocycles. The van der Waals surface area contributed by atoms with E-state index < -0.39 is 5.97 Å². The lowest BCUT2D eigenvalue weighted by molar-refractivity contribution is -0.139. The second-order valence-electron chi connectivity index (χ2n) is 10.6. The van der Waals surface area contributed by atoms with Crippen molar-refractivity contribution in [3.63, 3.8) is 0 Å². The van der Waals surface area contributed by atoms with Crippen LogP contribution in [0.2, 0.25) is 0 Å². The lowest BCUT2D eigenvalue weighted by Gasteiger charge is -2.56. The Hall–Kier alpha value is -2.63. The number of hydrogen-bond acceptors (Lipinski definition) is 6. The normalized spacial score (nSPS) is 38.4. The number of benzene rings is 1. The lowest BCUT2D eigenvalue weighted by Crippen LogP contribution is -2.53. The number of hydrogen-bond donors (Lipinski definition) is 2. The Morgan fingerprint density at radius 2 is 1.72 bits per heavy atom. The van der Waals surface area contributed by atoms with Crippen LogP contribution in [-0.4, -0.2) is 33.9 Å². The molecule has 6 atom stereocenters. The molecule has 4 aliphatic rings. The van der Waals surface area contributed by atoms with E-state index in [1.165, 1.54) is 18.2 Å². The molecule has 5 rings (SSSR count). The third-order valence-electron chi connectivity index (χ3n) is 9.09. The molecule has 1 aromatic carbocycles. The van der Waals surface area contributed by atoms with Crippen LogP contribution in [0.15, 0.2) is 29.8 Å². The second kappa shape index (κ2) is 7.19. The van der Waals surface area contributed by atoms with E-state index in [1.54, 1.807) is 6.08 Å². The fourth-order valence-electron chi connectivity index (χ4n) is 7.11. The number of Topliss-reactive ketones (excluding diaryl/α,β-unsaturated/α-hetero) is 1. The zero-order valence-corrected chi connectivity index (χ0v) is 18.6. The van der Waals surface area contributed by atoms with Crippen LogP contribution in [0.3, 0.4) is 0 Å². The van der Waals surface area contributed by atoms with Crippen LogP contribution in [0.25, 0.3) is 0 Å². The highest BCUT2D eigenvalue weighted by Gasteiger charge is 2.61. The molecule has 170 valence electrons. The topological polar surface area (TPSA) is 101 Å². The van der Waals surface area contributed by atoms with Gasteiger partial charge in [-0.1, -0.05) is 19.4 Å². The van der Waals surface area contributed by atoms with Gasteiger partial charge in [0.15, 0.2) is 17.3 Å². The quantitative estimate of drug-likeness (QED) is 0.526. The molecular weight excluding hydrogens is 408 g/mol. The number of carbonyl (C=O) groups excluding carboxylic acids is 3. The Balaban J connectivity index is 1.36. The smallest absolute Gasteiger partial charge is 0.338 e. The Bertz CT molecular complexity index is 1040. The number of ether oxygens (including phenoxy) is 1. The van der Waals surface area contributed by atoms with Crippen LogP contribution in [-0.2, 0) is 14.3 Å². The fourth-order valence-corrected chi connectivity index (χ4v) is 7.11. The third-order valence-corrected chi connectivity index (χ3v) is 9.09. The molecule has 2 N–H and O–H groups in total. The third kappa shape index (κ3) is 3.02. The molecule has 1 aromatic rings. The Kier molecular flexibility index (Phi) is 4.77. The standard InChI is InChI=1S/C26H30O6/c1-25-9-7-16(32-24(31)14-3-5-19(27)20(28)11-14)12-15(25)13-21(29)23-17-4-6-22(30)26(17,2)10-8-18(23)25/h3,5,11,13,16-18,23,27-28H,4,6-10,12H2,1-2H3/t16-,17-,18-,23-,25-,26-/m0/s1. The van der Waals surface area contributed by atoms with Crippen molar-refractivity contribution in [1.29, 1.82) is 0 Å². The summed E-state index contributed by atoms with van der Waals surface area (Å²) in [4.78, 5) is 38.4. The van der Waals surface area contributed by atoms with Crippen molar-refractivity contribution in [3.05, 3.63) is 35.4 Å². The van der Waals surface area contributed by atoms with Crippen LogP contribution < -0.4 is 0 Å². The maximum Gasteiger partial charge on any atom is 0.338 e. The molecule has 6 nitrogen and oxygen atoms in total. The van der Waals surface area contributed by atoms with Gasteiger partial charge in [-0.15, -0.1) is 0 Å². The number of ketones is 2. The summed E-state index contributed by atoms with van der Waals surface area (Å²) in [6.45, 7) is 4.31. The highest BCUT2D eigenvalue weighted by Crippen LogP contribution is 2.63. The molecule has 3 fully saturated rings. The molecule has 4 aliphatic carbocycles. The van der Waals surface area contributed by atoms with Crippen molar-refractivity contribution in [3.8, 4) is 11.5 Å². The van der Waals surface area contributed by atoms with Crippen LogP contribution >= 0.6 is 0 Å². The molecule has 0 bridgehead atoms. The Morgan fingerprint density at radius 1 is 1.00 bits per heavy atom. The molecule has 0 aromatic heterocycles. The van der Waals surface area contributed by atoms with E-state index in [0.29, 0.717) is 25.0 Å². The summed E-state index contributed by atoms with van der Waals surface area (Å²) in [5.74, 6) is -0.424. The van der Waals surface area contributed by atoms with Gasteiger partial charge in [-0.05, 0) is 73.6 Å². The highest BCUT2D eigenvalue weighted by atomic mass is 16.5. The molecule has 0 amide bonds. The number of fused-ring (bicyclic) bond motifs is 5. The Morgan fingerprint density at radius 3 is 2.47 bits per heavy atom. The number of phenolic OH excluding ortho intramolecular Hbond substituents is 2. The molecule has 0 unspecified atom stereocenters. The first-order valence-corrected chi connectivity index (χ1v) is 11.6. The van der Waals surface area contributed by atoms with Crippen LogP contribution in [0, 0.1) is 28.6 Å². The number of aromatic hydroxyl groups is 2. The summed E-state index contributed by atoms with van der Waals surface area (Å²) in [5.41, 5.74) is 0.792. The molecule has 32 heavy (non-hydrogen) atoms.